The van der Waals surface area contributed by atoms with Crippen molar-refractivity contribution >= 4 is 11.8 Å². The van der Waals surface area contributed by atoms with E-state index in [2.05, 4.69) is 31.2 Å². The number of carbonyl (C=O) groups excluding carboxylic acids is 2. The Bertz CT molecular complexity index is 590. The summed E-state index contributed by atoms with van der Waals surface area (Å²) in [6, 6.07) is 8.62. The summed E-state index contributed by atoms with van der Waals surface area (Å²) in [5.41, 5.74) is 2.34. The van der Waals surface area contributed by atoms with Crippen molar-refractivity contribution in [2.75, 3.05) is 13.6 Å². The quantitative estimate of drug-likeness (QED) is 0.852. The third-order valence-corrected chi connectivity index (χ3v) is 5.53. The van der Waals surface area contributed by atoms with Gasteiger partial charge in [-0.25, -0.2) is 0 Å². The van der Waals surface area contributed by atoms with Crippen molar-refractivity contribution in [1.29, 1.82) is 0 Å². The molecule has 3 rings (SSSR count). The van der Waals surface area contributed by atoms with E-state index in [-0.39, 0.29) is 17.7 Å². The summed E-state index contributed by atoms with van der Waals surface area (Å²) >= 11 is 0. The van der Waals surface area contributed by atoms with Crippen LogP contribution in [-0.2, 0) is 16.1 Å². The van der Waals surface area contributed by atoms with Crippen LogP contribution in [0.3, 0.4) is 0 Å². The first-order valence-corrected chi connectivity index (χ1v) is 9.14. The van der Waals surface area contributed by atoms with Crippen molar-refractivity contribution in [3.8, 4) is 0 Å². The molecular formula is C20H28N2O2. The van der Waals surface area contributed by atoms with E-state index in [1.165, 1.54) is 24.8 Å². The van der Waals surface area contributed by atoms with Crippen LogP contribution in [0, 0.1) is 12.8 Å². The van der Waals surface area contributed by atoms with E-state index in [9.17, 15) is 9.59 Å². The van der Waals surface area contributed by atoms with Gasteiger partial charge in [0, 0.05) is 32.6 Å². The van der Waals surface area contributed by atoms with Crippen LogP contribution in [0.4, 0.5) is 0 Å². The number of amides is 2. The van der Waals surface area contributed by atoms with Crippen molar-refractivity contribution in [3.63, 3.8) is 0 Å². The van der Waals surface area contributed by atoms with Gasteiger partial charge < -0.3 is 9.80 Å². The van der Waals surface area contributed by atoms with Crippen LogP contribution in [0.1, 0.15) is 49.7 Å². The van der Waals surface area contributed by atoms with Crippen molar-refractivity contribution in [2.24, 2.45) is 5.92 Å². The lowest BCUT2D eigenvalue weighted by Crippen LogP contribution is -2.42. The number of likely N-dealkylation sites (tertiary alicyclic amines) is 1. The summed E-state index contributed by atoms with van der Waals surface area (Å²) in [5.74, 6) is 0.0856. The predicted octanol–water partition coefficient (Wildman–Crippen LogP) is 3.13. The predicted molar refractivity (Wildman–Crippen MR) is 94.3 cm³/mol. The van der Waals surface area contributed by atoms with Crippen LogP contribution in [0.15, 0.2) is 24.3 Å². The Morgan fingerprint density at radius 1 is 1.17 bits per heavy atom. The highest BCUT2D eigenvalue weighted by Crippen LogP contribution is 2.26. The Kier molecular flexibility index (Phi) is 5.22. The van der Waals surface area contributed by atoms with Gasteiger partial charge in [0.15, 0.2) is 0 Å². The maximum Gasteiger partial charge on any atom is 0.227 e. The molecule has 1 aliphatic carbocycles. The largest absolute Gasteiger partial charge is 0.342 e. The van der Waals surface area contributed by atoms with Gasteiger partial charge >= 0.3 is 0 Å². The molecule has 1 unspecified atom stereocenters. The Labute approximate surface area is 144 Å². The molecule has 0 radical (unpaired) electrons. The van der Waals surface area contributed by atoms with Crippen molar-refractivity contribution < 1.29 is 9.59 Å². The fraction of sp³-hybridized carbons (Fsp3) is 0.600. The summed E-state index contributed by atoms with van der Waals surface area (Å²) in [6.45, 7) is 3.22. The number of aryl methyl sites for hydroxylation is 1. The fourth-order valence-corrected chi connectivity index (χ4v) is 3.94. The molecule has 1 heterocycles. The van der Waals surface area contributed by atoms with Gasteiger partial charge in [0.2, 0.25) is 11.8 Å². The first-order valence-electron chi connectivity index (χ1n) is 9.14. The topological polar surface area (TPSA) is 40.6 Å². The zero-order valence-corrected chi connectivity index (χ0v) is 14.8. The summed E-state index contributed by atoms with van der Waals surface area (Å²) in [5, 5.41) is 0. The molecule has 4 heteroatoms. The first kappa shape index (κ1) is 17.0. The monoisotopic (exact) mass is 328 g/mol. The lowest BCUT2D eigenvalue weighted by atomic mass is 9.93. The number of rotatable bonds is 4. The SMILES string of the molecule is Cc1ccc(CN2CC(C(=O)N(C)C3CCCCC3)CC2=O)cc1. The second-order valence-electron chi connectivity index (χ2n) is 7.40. The number of carbonyl (C=O) groups is 2. The van der Waals surface area contributed by atoms with Gasteiger partial charge in [0.1, 0.15) is 0 Å². The normalized spacial score (nSPS) is 22.0. The van der Waals surface area contributed by atoms with Crippen LogP contribution in [-0.4, -0.2) is 41.2 Å². The van der Waals surface area contributed by atoms with Gasteiger partial charge in [-0.15, -0.1) is 0 Å². The van der Waals surface area contributed by atoms with E-state index in [0.29, 0.717) is 25.6 Å². The molecule has 1 aromatic rings. The average Bonchev–Trinajstić information content (AvgIpc) is 2.97. The van der Waals surface area contributed by atoms with E-state index < -0.39 is 0 Å². The maximum absolute atomic E-state index is 12.8. The molecule has 0 N–H and O–H groups in total. The minimum atomic E-state index is -0.171. The Hall–Kier alpha value is -1.84. The zero-order chi connectivity index (χ0) is 17.1. The Balaban J connectivity index is 1.59. The second-order valence-corrected chi connectivity index (χ2v) is 7.40. The highest BCUT2D eigenvalue weighted by molar-refractivity contribution is 5.89. The Morgan fingerprint density at radius 2 is 1.83 bits per heavy atom. The summed E-state index contributed by atoms with van der Waals surface area (Å²) in [4.78, 5) is 28.9. The molecule has 4 nitrogen and oxygen atoms in total. The third-order valence-electron chi connectivity index (χ3n) is 5.53. The van der Waals surface area contributed by atoms with Crippen LogP contribution in [0.25, 0.3) is 0 Å². The Morgan fingerprint density at radius 3 is 2.50 bits per heavy atom. The van der Waals surface area contributed by atoms with E-state index in [1.807, 2.05) is 16.8 Å². The number of benzene rings is 1. The molecule has 0 aromatic heterocycles. The second kappa shape index (κ2) is 7.37. The molecule has 1 aromatic carbocycles. The van der Waals surface area contributed by atoms with Crippen LogP contribution in [0.2, 0.25) is 0 Å². The minimum absolute atomic E-state index is 0.103. The van der Waals surface area contributed by atoms with Gasteiger partial charge in [-0.3, -0.25) is 9.59 Å². The summed E-state index contributed by atoms with van der Waals surface area (Å²) in [7, 11) is 1.92. The molecule has 2 aliphatic rings. The molecule has 1 aliphatic heterocycles. The van der Waals surface area contributed by atoms with E-state index in [4.69, 9.17) is 0 Å². The van der Waals surface area contributed by atoms with Gasteiger partial charge in [0.05, 0.1) is 5.92 Å². The molecule has 2 fully saturated rings. The number of hydrogen-bond acceptors (Lipinski definition) is 2. The lowest BCUT2D eigenvalue weighted by Gasteiger charge is -2.32. The lowest BCUT2D eigenvalue weighted by molar-refractivity contribution is -0.137. The van der Waals surface area contributed by atoms with Gasteiger partial charge in [0.25, 0.3) is 0 Å². The van der Waals surface area contributed by atoms with Crippen molar-refractivity contribution in [2.45, 2.75) is 58.0 Å². The highest BCUT2D eigenvalue weighted by atomic mass is 16.2. The van der Waals surface area contributed by atoms with Crippen LogP contribution >= 0.6 is 0 Å². The van der Waals surface area contributed by atoms with E-state index >= 15 is 0 Å². The molecule has 130 valence electrons. The number of nitrogens with zero attached hydrogens (tertiary/aromatic N) is 2. The summed E-state index contributed by atoms with van der Waals surface area (Å²) in [6.07, 6.45) is 6.29. The third kappa shape index (κ3) is 3.80. The van der Waals surface area contributed by atoms with Crippen molar-refractivity contribution in [1.82, 2.24) is 9.80 Å². The molecular weight excluding hydrogens is 300 g/mol. The highest BCUT2D eigenvalue weighted by Gasteiger charge is 2.37. The first-order chi connectivity index (χ1) is 11.5. The molecule has 1 saturated carbocycles. The van der Waals surface area contributed by atoms with Crippen LogP contribution < -0.4 is 0 Å². The molecule has 2 amide bonds. The molecule has 24 heavy (non-hydrogen) atoms. The minimum Gasteiger partial charge on any atom is -0.342 e. The average molecular weight is 328 g/mol. The zero-order valence-electron chi connectivity index (χ0n) is 14.8. The van der Waals surface area contributed by atoms with Gasteiger partial charge in [-0.05, 0) is 25.3 Å². The maximum atomic E-state index is 12.8. The van der Waals surface area contributed by atoms with Gasteiger partial charge in [-0.2, -0.15) is 0 Å². The number of hydrogen-bond donors (Lipinski definition) is 0. The fourth-order valence-electron chi connectivity index (χ4n) is 3.94. The molecule has 0 spiro atoms. The standard InChI is InChI=1S/C20H28N2O2/c1-15-8-10-16(11-9-15)13-22-14-17(12-19(22)23)20(24)21(2)18-6-4-3-5-7-18/h8-11,17-18H,3-7,12-14H2,1-2H3. The summed E-state index contributed by atoms with van der Waals surface area (Å²) < 4.78 is 0. The molecule has 1 atom stereocenters. The molecule has 0 bridgehead atoms. The van der Waals surface area contributed by atoms with Crippen molar-refractivity contribution in [3.05, 3.63) is 35.4 Å². The van der Waals surface area contributed by atoms with E-state index in [1.54, 1.807) is 0 Å². The smallest absolute Gasteiger partial charge is 0.227 e. The van der Waals surface area contributed by atoms with Crippen LogP contribution in [0.5, 0.6) is 0 Å². The molecule has 1 saturated heterocycles. The van der Waals surface area contributed by atoms with E-state index in [0.717, 1.165) is 18.4 Å². The van der Waals surface area contributed by atoms with Gasteiger partial charge in [-0.1, -0.05) is 49.1 Å².